The molecule has 1 amide bonds. The molecule has 0 bridgehead atoms. The topological polar surface area (TPSA) is 44.9 Å². The number of aromatic amines is 1. The van der Waals surface area contributed by atoms with Crippen LogP contribution in [0.3, 0.4) is 0 Å². The summed E-state index contributed by atoms with van der Waals surface area (Å²) in [5.41, 5.74) is 2.40. The largest absolute Gasteiger partial charge is 0.361 e. The van der Waals surface area contributed by atoms with Crippen molar-refractivity contribution in [1.29, 1.82) is 0 Å². The predicted molar refractivity (Wildman–Crippen MR) is 96.8 cm³/mol. The van der Waals surface area contributed by atoms with E-state index in [1.165, 1.54) is 15.8 Å². The first-order chi connectivity index (χ1) is 11.3. The predicted octanol–water partition coefficient (Wildman–Crippen LogP) is 4.01. The summed E-state index contributed by atoms with van der Waals surface area (Å²) < 4.78 is 0. The van der Waals surface area contributed by atoms with Crippen molar-refractivity contribution in [3.63, 3.8) is 0 Å². The number of hydrogen-bond donors (Lipinski definition) is 2. The second kappa shape index (κ2) is 7.88. The monoisotopic (exact) mass is 324 g/mol. The van der Waals surface area contributed by atoms with Crippen LogP contribution in [0.15, 0.2) is 65.7 Å². The molecule has 3 rings (SSSR count). The van der Waals surface area contributed by atoms with Gasteiger partial charge in [0.2, 0.25) is 5.91 Å². The molecule has 2 aromatic carbocycles. The molecule has 23 heavy (non-hydrogen) atoms. The summed E-state index contributed by atoms with van der Waals surface area (Å²) in [5.74, 6) is 0.927. The second-order valence-corrected chi connectivity index (χ2v) is 6.54. The average Bonchev–Trinajstić information content (AvgIpc) is 2.99. The molecule has 0 radical (unpaired) electrons. The molecule has 0 aliphatic rings. The second-order valence-electron chi connectivity index (χ2n) is 5.37. The number of fused-ring (bicyclic) bond motifs is 1. The molecule has 0 atom stereocenters. The van der Waals surface area contributed by atoms with E-state index in [9.17, 15) is 4.79 Å². The maximum atomic E-state index is 11.9. The van der Waals surface area contributed by atoms with Crippen molar-refractivity contribution in [3.8, 4) is 0 Å². The van der Waals surface area contributed by atoms with Gasteiger partial charge in [0.05, 0.1) is 0 Å². The highest BCUT2D eigenvalue weighted by Crippen LogP contribution is 2.18. The molecule has 4 heteroatoms. The molecule has 0 aliphatic carbocycles. The van der Waals surface area contributed by atoms with E-state index in [1.54, 1.807) is 11.8 Å². The van der Waals surface area contributed by atoms with E-state index < -0.39 is 0 Å². The number of thioether (sulfide) groups is 1. The van der Waals surface area contributed by atoms with Crippen LogP contribution in [0.2, 0.25) is 0 Å². The van der Waals surface area contributed by atoms with E-state index in [0.717, 1.165) is 17.7 Å². The third kappa shape index (κ3) is 4.39. The maximum Gasteiger partial charge on any atom is 0.220 e. The van der Waals surface area contributed by atoms with E-state index in [0.29, 0.717) is 13.0 Å². The molecule has 2 N–H and O–H groups in total. The quantitative estimate of drug-likeness (QED) is 0.645. The lowest BCUT2D eigenvalue weighted by Crippen LogP contribution is -2.25. The molecule has 0 saturated heterocycles. The number of carbonyl (C=O) groups is 1. The lowest BCUT2D eigenvalue weighted by atomic mass is 10.1. The first kappa shape index (κ1) is 15.7. The van der Waals surface area contributed by atoms with Crippen LogP contribution in [-0.4, -0.2) is 23.2 Å². The molecule has 118 valence electrons. The Bertz CT molecular complexity index is 767. The van der Waals surface area contributed by atoms with Crippen molar-refractivity contribution in [2.24, 2.45) is 0 Å². The molecule has 0 unspecified atom stereocenters. The minimum atomic E-state index is 0.119. The summed E-state index contributed by atoms with van der Waals surface area (Å²) >= 11 is 1.72. The summed E-state index contributed by atoms with van der Waals surface area (Å²) in [6, 6.07) is 18.4. The molecule has 3 aromatic rings. The number of carbonyl (C=O) groups excluding carboxylic acids is 1. The fraction of sp³-hybridized carbons (Fsp3) is 0.211. The Morgan fingerprint density at radius 2 is 1.83 bits per heavy atom. The number of H-pyrrole nitrogens is 1. The fourth-order valence-corrected chi connectivity index (χ4v) is 3.41. The van der Waals surface area contributed by atoms with E-state index in [4.69, 9.17) is 0 Å². The van der Waals surface area contributed by atoms with E-state index in [-0.39, 0.29) is 5.91 Å². The number of hydrogen-bond acceptors (Lipinski definition) is 2. The summed E-state index contributed by atoms with van der Waals surface area (Å²) in [4.78, 5) is 16.4. The normalized spacial score (nSPS) is 10.8. The van der Waals surface area contributed by atoms with Gasteiger partial charge in [-0.05, 0) is 30.2 Å². The Hall–Kier alpha value is -2.20. The zero-order chi connectivity index (χ0) is 15.9. The van der Waals surface area contributed by atoms with Crippen molar-refractivity contribution in [2.45, 2.75) is 17.7 Å². The van der Waals surface area contributed by atoms with Gasteiger partial charge in [-0.1, -0.05) is 36.4 Å². The van der Waals surface area contributed by atoms with Gasteiger partial charge in [0.1, 0.15) is 0 Å². The number of benzene rings is 2. The van der Waals surface area contributed by atoms with Crippen molar-refractivity contribution < 1.29 is 4.79 Å². The molecule has 0 fully saturated rings. The lowest BCUT2D eigenvalue weighted by Gasteiger charge is -2.05. The van der Waals surface area contributed by atoms with Crippen LogP contribution in [0.1, 0.15) is 12.0 Å². The average molecular weight is 324 g/mol. The summed E-state index contributed by atoms with van der Waals surface area (Å²) in [6.45, 7) is 0.677. The maximum absolute atomic E-state index is 11.9. The van der Waals surface area contributed by atoms with Gasteiger partial charge in [-0.2, -0.15) is 0 Å². The number of rotatable bonds is 7. The van der Waals surface area contributed by atoms with Crippen LogP contribution in [0.25, 0.3) is 10.9 Å². The van der Waals surface area contributed by atoms with Crippen LogP contribution < -0.4 is 5.32 Å². The van der Waals surface area contributed by atoms with Gasteiger partial charge in [0.15, 0.2) is 0 Å². The first-order valence-electron chi connectivity index (χ1n) is 7.82. The Kier molecular flexibility index (Phi) is 5.37. The smallest absolute Gasteiger partial charge is 0.220 e. The Labute approximate surface area is 140 Å². The van der Waals surface area contributed by atoms with Gasteiger partial charge >= 0.3 is 0 Å². The molecule has 1 aromatic heterocycles. The lowest BCUT2D eigenvalue weighted by molar-refractivity contribution is -0.120. The Morgan fingerprint density at radius 3 is 2.70 bits per heavy atom. The molecule has 0 saturated carbocycles. The minimum Gasteiger partial charge on any atom is -0.361 e. The van der Waals surface area contributed by atoms with Crippen LogP contribution >= 0.6 is 11.8 Å². The molecular formula is C19H20N2OS. The standard InChI is InChI=1S/C19H20N2OS/c22-19(11-13-23-16-6-2-1-3-7-16)20-12-10-15-14-21-18-9-5-4-8-17(15)18/h1-9,14,21H,10-13H2,(H,20,22). The van der Waals surface area contributed by atoms with E-state index in [2.05, 4.69) is 34.6 Å². The molecule has 0 aliphatic heterocycles. The third-order valence-electron chi connectivity index (χ3n) is 3.73. The van der Waals surface area contributed by atoms with Crippen molar-refractivity contribution in [1.82, 2.24) is 10.3 Å². The highest BCUT2D eigenvalue weighted by molar-refractivity contribution is 7.99. The van der Waals surface area contributed by atoms with Gasteiger partial charge in [0.25, 0.3) is 0 Å². The van der Waals surface area contributed by atoms with Gasteiger partial charge < -0.3 is 10.3 Å². The van der Waals surface area contributed by atoms with Crippen LogP contribution in [0.4, 0.5) is 0 Å². The third-order valence-corrected chi connectivity index (χ3v) is 4.75. The van der Waals surface area contributed by atoms with Crippen molar-refractivity contribution in [2.75, 3.05) is 12.3 Å². The zero-order valence-corrected chi connectivity index (χ0v) is 13.7. The van der Waals surface area contributed by atoms with E-state index >= 15 is 0 Å². The summed E-state index contributed by atoms with van der Waals surface area (Å²) in [6.07, 6.45) is 3.43. The number of amides is 1. The highest BCUT2D eigenvalue weighted by atomic mass is 32.2. The number of aromatic nitrogens is 1. The van der Waals surface area contributed by atoms with Gasteiger partial charge in [-0.25, -0.2) is 0 Å². The SMILES string of the molecule is O=C(CCSc1ccccc1)NCCc1c[nH]c2ccccc12. The molecule has 3 nitrogen and oxygen atoms in total. The number of nitrogens with one attached hydrogen (secondary N) is 2. The van der Waals surface area contributed by atoms with Crippen molar-refractivity contribution in [3.05, 3.63) is 66.4 Å². The molecule has 1 heterocycles. The Morgan fingerprint density at radius 1 is 1.04 bits per heavy atom. The minimum absolute atomic E-state index is 0.119. The Balaban J connectivity index is 1.39. The van der Waals surface area contributed by atoms with Crippen molar-refractivity contribution >= 4 is 28.6 Å². The van der Waals surface area contributed by atoms with Crippen LogP contribution in [0, 0.1) is 0 Å². The summed E-state index contributed by atoms with van der Waals surface area (Å²) in [7, 11) is 0. The van der Waals surface area contributed by atoms with Gasteiger partial charge in [-0.3, -0.25) is 4.79 Å². The van der Waals surface area contributed by atoms with E-state index in [1.807, 2.05) is 36.5 Å². The van der Waals surface area contributed by atoms with Crippen LogP contribution in [0.5, 0.6) is 0 Å². The molecular weight excluding hydrogens is 304 g/mol. The van der Waals surface area contributed by atoms with Crippen LogP contribution in [-0.2, 0) is 11.2 Å². The summed E-state index contributed by atoms with van der Waals surface area (Å²) in [5, 5.41) is 4.24. The molecule has 0 spiro atoms. The van der Waals surface area contributed by atoms with Gasteiger partial charge in [0, 0.05) is 40.7 Å². The fourth-order valence-electron chi connectivity index (χ4n) is 2.54. The highest BCUT2D eigenvalue weighted by Gasteiger charge is 2.05. The van der Waals surface area contributed by atoms with Gasteiger partial charge in [-0.15, -0.1) is 11.8 Å². The zero-order valence-electron chi connectivity index (χ0n) is 12.9. The number of para-hydroxylation sites is 1. The first-order valence-corrected chi connectivity index (χ1v) is 8.81.